The second-order valence-electron chi connectivity index (χ2n) is 1.82. The van der Waals surface area contributed by atoms with Crippen LogP contribution in [0.1, 0.15) is 12.8 Å². The molecule has 0 heterocycles. The van der Waals surface area contributed by atoms with E-state index in [1.807, 2.05) is 0 Å². The highest BCUT2D eigenvalue weighted by atomic mass is 31.1. The Kier molecular flexibility index (Phi) is 5.35. The summed E-state index contributed by atoms with van der Waals surface area (Å²) in [4.78, 5) is 18.7. The molecule has 0 bridgehead atoms. The van der Waals surface area contributed by atoms with Crippen molar-refractivity contribution in [2.24, 2.45) is 0 Å². The fraction of sp³-hybridized carbons (Fsp3) is 0.750. The Morgan fingerprint density at radius 1 is 1.70 bits per heavy atom. The lowest BCUT2D eigenvalue weighted by molar-refractivity contribution is -0.134. The molecule has 0 aromatic rings. The van der Waals surface area contributed by atoms with E-state index >= 15 is 0 Å². The Morgan fingerprint density at radius 2 is 2.30 bits per heavy atom. The summed E-state index contributed by atoms with van der Waals surface area (Å²) < 4.78 is 14.4. The van der Waals surface area contributed by atoms with Gasteiger partial charge < -0.3 is 9.55 Å². The standard InChI is InChI=1S/C4H10BO4P/c5-9-4(6)2-1-3-10(7)8/h10H,1-3,5H2,(H,7,8). The average molecular weight is 164 g/mol. The third-order valence-electron chi connectivity index (χ3n) is 0.999. The van der Waals surface area contributed by atoms with E-state index in [4.69, 9.17) is 4.89 Å². The van der Waals surface area contributed by atoms with Gasteiger partial charge in [0.2, 0.25) is 0 Å². The van der Waals surface area contributed by atoms with Gasteiger partial charge in [-0.25, -0.2) is 0 Å². The Balaban J connectivity index is 3.20. The van der Waals surface area contributed by atoms with Crippen LogP contribution >= 0.6 is 8.03 Å². The molecule has 1 atom stereocenters. The van der Waals surface area contributed by atoms with Gasteiger partial charge in [0.25, 0.3) is 5.97 Å². The van der Waals surface area contributed by atoms with E-state index in [1.165, 1.54) is 8.05 Å². The first-order valence-corrected chi connectivity index (χ1v) is 4.51. The molecular formula is C4H10BO4P. The van der Waals surface area contributed by atoms with Crippen LogP contribution in [-0.4, -0.2) is 25.1 Å². The third-order valence-corrected chi connectivity index (χ3v) is 1.78. The maximum Gasteiger partial charge on any atom is 0.325 e. The topological polar surface area (TPSA) is 63.6 Å². The molecule has 1 unspecified atom stereocenters. The van der Waals surface area contributed by atoms with Gasteiger partial charge in [-0.1, -0.05) is 0 Å². The van der Waals surface area contributed by atoms with Crippen LogP contribution in [0.5, 0.6) is 0 Å². The minimum atomic E-state index is -2.40. The Labute approximate surface area is 60.9 Å². The molecule has 0 aromatic carbocycles. The molecule has 10 heavy (non-hydrogen) atoms. The highest BCUT2D eigenvalue weighted by Crippen LogP contribution is 2.14. The molecule has 0 amide bonds. The van der Waals surface area contributed by atoms with E-state index in [1.54, 1.807) is 0 Å². The number of carbonyl (C=O) groups is 1. The van der Waals surface area contributed by atoms with Crippen molar-refractivity contribution in [3.63, 3.8) is 0 Å². The second-order valence-corrected chi connectivity index (χ2v) is 3.11. The van der Waals surface area contributed by atoms with Gasteiger partial charge >= 0.3 is 8.05 Å². The lowest BCUT2D eigenvalue weighted by atomic mass is 10.3. The van der Waals surface area contributed by atoms with E-state index in [0.29, 0.717) is 6.42 Å². The molecule has 0 aliphatic rings. The van der Waals surface area contributed by atoms with Gasteiger partial charge in [0.05, 0.1) is 0 Å². The summed E-state index contributed by atoms with van der Waals surface area (Å²) in [5.74, 6) is -0.330. The Morgan fingerprint density at radius 3 is 2.70 bits per heavy atom. The second kappa shape index (κ2) is 5.51. The monoisotopic (exact) mass is 164 g/mol. The third kappa shape index (κ3) is 5.85. The fourth-order valence-corrected chi connectivity index (χ4v) is 0.965. The van der Waals surface area contributed by atoms with E-state index in [0.717, 1.165) is 0 Å². The average Bonchev–Trinajstić information content (AvgIpc) is 1.87. The van der Waals surface area contributed by atoms with Crippen LogP contribution in [-0.2, 0) is 14.0 Å². The van der Waals surface area contributed by atoms with E-state index in [9.17, 15) is 9.36 Å². The molecule has 0 radical (unpaired) electrons. The number of hydrogen-bond donors (Lipinski definition) is 1. The highest BCUT2D eigenvalue weighted by molar-refractivity contribution is 7.37. The van der Waals surface area contributed by atoms with Crippen LogP contribution in [0.2, 0.25) is 0 Å². The van der Waals surface area contributed by atoms with Crippen LogP contribution in [0.3, 0.4) is 0 Å². The van der Waals surface area contributed by atoms with Crippen LogP contribution in [0.25, 0.3) is 0 Å². The van der Waals surface area contributed by atoms with Crippen LogP contribution in [0.4, 0.5) is 0 Å². The van der Waals surface area contributed by atoms with Crippen molar-refractivity contribution in [1.82, 2.24) is 0 Å². The van der Waals surface area contributed by atoms with Gasteiger partial charge in [0.1, 0.15) is 0 Å². The minimum absolute atomic E-state index is 0.208. The first-order chi connectivity index (χ1) is 4.66. The molecule has 0 aromatic heterocycles. The number of hydrogen-bond acceptors (Lipinski definition) is 3. The molecule has 0 aliphatic heterocycles. The first kappa shape index (κ1) is 9.72. The number of carbonyl (C=O) groups excluding carboxylic acids is 1. The van der Waals surface area contributed by atoms with Crippen molar-refractivity contribution in [2.75, 3.05) is 6.16 Å². The zero-order valence-electron chi connectivity index (χ0n) is 5.79. The van der Waals surface area contributed by atoms with Gasteiger partial charge in [-0.2, -0.15) is 0 Å². The van der Waals surface area contributed by atoms with Crippen molar-refractivity contribution >= 4 is 22.0 Å². The van der Waals surface area contributed by atoms with Gasteiger partial charge in [-0.3, -0.25) is 9.36 Å². The molecule has 4 nitrogen and oxygen atoms in total. The lowest BCUT2D eigenvalue weighted by Gasteiger charge is -1.96. The quantitative estimate of drug-likeness (QED) is 0.441. The predicted octanol–water partition coefficient (Wildman–Crippen LogP) is -0.675. The maximum absolute atomic E-state index is 10.4. The van der Waals surface area contributed by atoms with Crippen molar-refractivity contribution in [2.45, 2.75) is 12.8 Å². The SMILES string of the molecule is BOC(=O)CCC[PH](=O)O. The molecule has 1 N–H and O–H groups in total. The van der Waals surface area contributed by atoms with Crippen molar-refractivity contribution in [1.29, 1.82) is 0 Å². The summed E-state index contributed by atoms with van der Waals surface area (Å²) in [5, 5.41) is 0. The van der Waals surface area contributed by atoms with E-state index in [2.05, 4.69) is 4.65 Å². The lowest BCUT2D eigenvalue weighted by Crippen LogP contribution is -2.00. The summed E-state index contributed by atoms with van der Waals surface area (Å²) in [6, 6.07) is 0. The molecule has 0 aliphatic carbocycles. The normalized spacial score (nSPS) is 12.5. The fourth-order valence-electron chi connectivity index (χ4n) is 0.486. The predicted molar refractivity (Wildman–Crippen MR) is 40.0 cm³/mol. The molecule has 0 rings (SSSR count). The molecule has 6 heteroatoms. The Bertz CT molecular complexity index is 137. The van der Waals surface area contributed by atoms with Gasteiger partial charge in [0.15, 0.2) is 8.03 Å². The molecule has 58 valence electrons. The zero-order chi connectivity index (χ0) is 7.98. The molecule has 0 spiro atoms. The van der Waals surface area contributed by atoms with Crippen LogP contribution < -0.4 is 0 Å². The van der Waals surface area contributed by atoms with Crippen molar-refractivity contribution in [3.8, 4) is 0 Å². The van der Waals surface area contributed by atoms with Gasteiger partial charge in [-0.15, -0.1) is 0 Å². The molecule has 0 saturated heterocycles. The molecular weight excluding hydrogens is 154 g/mol. The highest BCUT2D eigenvalue weighted by Gasteiger charge is 1.99. The number of rotatable bonds is 4. The van der Waals surface area contributed by atoms with Crippen LogP contribution in [0.15, 0.2) is 0 Å². The van der Waals surface area contributed by atoms with Gasteiger partial charge in [0, 0.05) is 12.6 Å². The summed E-state index contributed by atoms with van der Waals surface area (Å²) in [5.41, 5.74) is 0. The molecule has 0 saturated carbocycles. The zero-order valence-corrected chi connectivity index (χ0v) is 6.79. The maximum atomic E-state index is 10.4. The van der Waals surface area contributed by atoms with E-state index in [-0.39, 0.29) is 18.6 Å². The van der Waals surface area contributed by atoms with E-state index < -0.39 is 8.03 Å². The Hall–Kier alpha value is -0.275. The van der Waals surface area contributed by atoms with Crippen molar-refractivity contribution < 1.29 is 18.9 Å². The summed E-state index contributed by atoms with van der Waals surface area (Å²) in [6.45, 7) is 0. The minimum Gasteiger partial charge on any atom is -0.543 e. The first-order valence-electron chi connectivity index (χ1n) is 2.95. The van der Waals surface area contributed by atoms with Gasteiger partial charge in [-0.05, 0) is 6.42 Å². The summed E-state index contributed by atoms with van der Waals surface area (Å²) in [6.07, 6.45) is 0.869. The summed E-state index contributed by atoms with van der Waals surface area (Å²) >= 11 is 0. The van der Waals surface area contributed by atoms with Crippen LogP contribution in [0, 0.1) is 0 Å². The largest absolute Gasteiger partial charge is 0.543 e. The smallest absolute Gasteiger partial charge is 0.325 e. The molecule has 0 fully saturated rings. The van der Waals surface area contributed by atoms with Crippen molar-refractivity contribution in [3.05, 3.63) is 0 Å². The summed E-state index contributed by atoms with van der Waals surface area (Å²) in [7, 11) is -1.10.